The second-order valence-corrected chi connectivity index (χ2v) is 7.52. The van der Waals surface area contributed by atoms with Crippen LogP contribution < -0.4 is 4.90 Å². The molecule has 0 N–H and O–H groups in total. The van der Waals surface area contributed by atoms with E-state index in [0.29, 0.717) is 0 Å². The Hall–Kier alpha value is -1.99. The highest BCUT2D eigenvalue weighted by Crippen LogP contribution is 2.27. The van der Waals surface area contributed by atoms with E-state index < -0.39 is 0 Å². The molecule has 0 bridgehead atoms. The van der Waals surface area contributed by atoms with Gasteiger partial charge in [0, 0.05) is 38.5 Å². The summed E-state index contributed by atoms with van der Waals surface area (Å²) < 4.78 is 7.78. The molecule has 2 aromatic rings. The first kappa shape index (κ1) is 18.4. The summed E-state index contributed by atoms with van der Waals surface area (Å²) >= 11 is 0. The minimum absolute atomic E-state index is 0.254. The topological polar surface area (TPSA) is 59.3 Å². The number of piperazine rings is 1. The van der Waals surface area contributed by atoms with E-state index in [9.17, 15) is 0 Å². The van der Waals surface area contributed by atoms with E-state index in [1.807, 2.05) is 4.68 Å². The van der Waals surface area contributed by atoms with Gasteiger partial charge in [-0.25, -0.2) is 4.68 Å². The van der Waals surface area contributed by atoms with E-state index in [2.05, 4.69) is 62.6 Å². The molecule has 1 aromatic heterocycles. The van der Waals surface area contributed by atoms with E-state index >= 15 is 0 Å². The van der Waals surface area contributed by atoms with Gasteiger partial charge in [-0.1, -0.05) is 31.5 Å². The third kappa shape index (κ3) is 4.30. The van der Waals surface area contributed by atoms with Gasteiger partial charge in [0.1, 0.15) is 0 Å². The predicted octanol–water partition coefficient (Wildman–Crippen LogP) is 2.52. The Labute approximate surface area is 161 Å². The van der Waals surface area contributed by atoms with E-state index in [1.165, 1.54) is 5.69 Å². The first-order chi connectivity index (χ1) is 13.3. The number of rotatable bonds is 7. The number of anilines is 1. The van der Waals surface area contributed by atoms with Gasteiger partial charge in [0.05, 0.1) is 18.7 Å². The van der Waals surface area contributed by atoms with E-state index in [4.69, 9.17) is 4.74 Å². The molecule has 2 aliphatic heterocycles. The fourth-order valence-electron chi connectivity index (χ4n) is 4.24. The van der Waals surface area contributed by atoms with Crippen LogP contribution in [0.4, 0.5) is 5.69 Å². The van der Waals surface area contributed by atoms with Crippen LogP contribution in [-0.2, 0) is 11.3 Å². The molecule has 0 amide bonds. The summed E-state index contributed by atoms with van der Waals surface area (Å²) in [5, 5.41) is 12.7. The molecule has 0 saturated carbocycles. The fraction of sp³-hybridized carbons (Fsp3) is 0.650. The molecule has 146 valence electrons. The molecule has 27 heavy (non-hydrogen) atoms. The summed E-state index contributed by atoms with van der Waals surface area (Å²) in [5.74, 6) is 1.00. The Morgan fingerprint density at radius 1 is 1.15 bits per heavy atom. The second-order valence-electron chi connectivity index (χ2n) is 7.52. The van der Waals surface area contributed by atoms with Crippen LogP contribution in [0.15, 0.2) is 30.3 Å². The zero-order chi connectivity index (χ0) is 18.5. The van der Waals surface area contributed by atoms with Crippen LogP contribution in [0.3, 0.4) is 0 Å². The van der Waals surface area contributed by atoms with Crippen molar-refractivity contribution in [1.82, 2.24) is 25.1 Å². The largest absolute Gasteiger partial charge is 0.376 e. The Kier molecular flexibility index (Phi) is 5.99. The Morgan fingerprint density at radius 3 is 2.67 bits per heavy atom. The number of tetrazole rings is 1. The van der Waals surface area contributed by atoms with Crippen molar-refractivity contribution in [3.8, 4) is 0 Å². The maximum Gasteiger partial charge on any atom is 0.168 e. The van der Waals surface area contributed by atoms with Gasteiger partial charge in [-0.05, 0) is 41.8 Å². The highest BCUT2D eigenvalue weighted by atomic mass is 16.5. The maximum absolute atomic E-state index is 5.79. The number of para-hydroxylation sites is 1. The monoisotopic (exact) mass is 370 g/mol. The van der Waals surface area contributed by atoms with E-state index in [-0.39, 0.29) is 12.1 Å². The van der Waals surface area contributed by atoms with Crippen molar-refractivity contribution in [2.24, 2.45) is 0 Å². The fourth-order valence-corrected chi connectivity index (χ4v) is 4.24. The molecule has 4 rings (SSSR count). The molecule has 7 nitrogen and oxygen atoms in total. The van der Waals surface area contributed by atoms with Crippen molar-refractivity contribution in [2.45, 2.75) is 51.3 Å². The lowest BCUT2D eigenvalue weighted by molar-refractivity contribution is 0.0891. The summed E-state index contributed by atoms with van der Waals surface area (Å²) in [6, 6.07) is 11.0. The molecular formula is C20H30N6O. The predicted molar refractivity (Wildman–Crippen MR) is 105 cm³/mol. The second kappa shape index (κ2) is 8.80. The van der Waals surface area contributed by atoms with Gasteiger partial charge in [0.2, 0.25) is 0 Å². The molecule has 1 aromatic carbocycles. The minimum Gasteiger partial charge on any atom is -0.376 e. The number of hydrogen-bond acceptors (Lipinski definition) is 6. The molecular weight excluding hydrogens is 340 g/mol. The van der Waals surface area contributed by atoms with E-state index in [1.54, 1.807) is 0 Å². The maximum atomic E-state index is 5.79. The van der Waals surface area contributed by atoms with Crippen LogP contribution >= 0.6 is 0 Å². The average Bonchev–Trinajstić information content (AvgIpc) is 3.40. The number of aromatic nitrogens is 4. The molecule has 2 fully saturated rings. The zero-order valence-corrected chi connectivity index (χ0v) is 16.2. The van der Waals surface area contributed by atoms with Gasteiger partial charge in [-0.15, -0.1) is 5.10 Å². The van der Waals surface area contributed by atoms with Crippen molar-refractivity contribution in [2.75, 3.05) is 37.7 Å². The normalized spacial score (nSPS) is 22.3. The van der Waals surface area contributed by atoms with Crippen molar-refractivity contribution in [3.63, 3.8) is 0 Å². The molecule has 0 radical (unpaired) electrons. The molecule has 2 aliphatic rings. The first-order valence-electron chi connectivity index (χ1n) is 10.3. The van der Waals surface area contributed by atoms with Crippen molar-refractivity contribution in [1.29, 1.82) is 0 Å². The minimum atomic E-state index is 0.254. The molecule has 2 saturated heterocycles. The molecule has 2 atom stereocenters. The van der Waals surface area contributed by atoms with Crippen LogP contribution in [0.2, 0.25) is 0 Å². The number of hydrogen-bond donors (Lipinski definition) is 0. The van der Waals surface area contributed by atoms with E-state index in [0.717, 1.165) is 70.8 Å². The Morgan fingerprint density at radius 2 is 1.96 bits per heavy atom. The standard InChI is InChI=1S/C20H30N6O/c1-2-7-19(20-21-22-23-26(20)16-18-10-6-15-27-18)25-13-11-24(12-14-25)17-8-4-3-5-9-17/h3-5,8-9,18-19H,2,6-7,10-16H2,1H3/t18-,19+/m1/s1. The zero-order valence-electron chi connectivity index (χ0n) is 16.2. The lowest BCUT2D eigenvalue weighted by Gasteiger charge is -2.39. The third-order valence-electron chi connectivity index (χ3n) is 5.70. The van der Waals surface area contributed by atoms with Crippen LogP contribution in [0.5, 0.6) is 0 Å². The Bertz CT molecular complexity index is 692. The van der Waals surface area contributed by atoms with Gasteiger partial charge in [0.15, 0.2) is 5.82 Å². The number of benzene rings is 1. The molecule has 0 aliphatic carbocycles. The molecule has 3 heterocycles. The van der Waals surface area contributed by atoms with Crippen molar-refractivity contribution in [3.05, 3.63) is 36.2 Å². The third-order valence-corrected chi connectivity index (χ3v) is 5.70. The molecule has 0 spiro atoms. The van der Waals surface area contributed by atoms with Crippen molar-refractivity contribution >= 4 is 5.69 Å². The van der Waals surface area contributed by atoms with Gasteiger partial charge in [0.25, 0.3) is 0 Å². The SMILES string of the molecule is CCC[C@@H](c1nnnn1C[C@H]1CCCO1)N1CCN(c2ccccc2)CC1. The van der Waals surface area contributed by atoms with Gasteiger partial charge >= 0.3 is 0 Å². The summed E-state index contributed by atoms with van der Waals surface area (Å²) in [7, 11) is 0. The summed E-state index contributed by atoms with van der Waals surface area (Å²) in [5.41, 5.74) is 1.31. The van der Waals surface area contributed by atoms with Crippen LogP contribution in [0, 0.1) is 0 Å². The quantitative estimate of drug-likeness (QED) is 0.746. The summed E-state index contributed by atoms with van der Waals surface area (Å²) in [6.45, 7) is 8.02. The smallest absolute Gasteiger partial charge is 0.168 e. The summed E-state index contributed by atoms with van der Waals surface area (Å²) in [6.07, 6.45) is 4.70. The van der Waals surface area contributed by atoms with Crippen LogP contribution in [-0.4, -0.2) is 64.0 Å². The highest BCUT2D eigenvalue weighted by molar-refractivity contribution is 5.46. The first-order valence-corrected chi connectivity index (χ1v) is 10.3. The Balaban J connectivity index is 1.43. The lowest BCUT2D eigenvalue weighted by Crippen LogP contribution is -2.48. The highest BCUT2D eigenvalue weighted by Gasteiger charge is 2.29. The van der Waals surface area contributed by atoms with Crippen LogP contribution in [0.1, 0.15) is 44.5 Å². The number of nitrogens with zero attached hydrogens (tertiary/aromatic N) is 6. The number of ether oxygens (including phenoxy) is 1. The molecule has 7 heteroatoms. The van der Waals surface area contributed by atoms with Crippen LogP contribution in [0.25, 0.3) is 0 Å². The van der Waals surface area contributed by atoms with Crippen molar-refractivity contribution < 1.29 is 4.74 Å². The van der Waals surface area contributed by atoms with Gasteiger partial charge in [-0.3, -0.25) is 4.90 Å². The molecule has 0 unspecified atom stereocenters. The lowest BCUT2D eigenvalue weighted by atomic mass is 10.1. The van der Waals surface area contributed by atoms with Gasteiger partial charge in [-0.2, -0.15) is 0 Å². The summed E-state index contributed by atoms with van der Waals surface area (Å²) in [4.78, 5) is 5.02. The average molecular weight is 371 g/mol. The van der Waals surface area contributed by atoms with Gasteiger partial charge < -0.3 is 9.64 Å².